The van der Waals surface area contributed by atoms with Crippen molar-refractivity contribution in [2.24, 2.45) is 17.4 Å². The lowest BCUT2D eigenvalue weighted by Gasteiger charge is -2.21. The molecule has 0 saturated carbocycles. The summed E-state index contributed by atoms with van der Waals surface area (Å²) in [6, 6.07) is 8.28. The first kappa shape index (κ1) is 22.2. The van der Waals surface area contributed by atoms with E-state index in [9.17, 15) is 9.18 Å². The Morgan fingerprint density at radius 3 is 2.74 bits per heavy atom. The molecule has 3 rings (SSSR count). The summed E-state index contributed by atoms with van der Waals surface area (Å²) in [5, 5.41) is 13.8. The van der Waals surface area contributed by atoms with Gasteiger partial charge in [0.05, 0.1) is 23.6 Å². The average molecular weight is 427 g/mol. The maximum Gasteiger partial charge on any atom is 0.252 e. The van der Waals surface area contributed by atoms with Crippen molar-refractivity contribution in [1.29, 1.82) is 0 Å². The van der Waals surface area contributed by atoms with Gasteiger partial charge in [-0.05, 0) is 43.5 Å². The Morgan fingerprint density at radius 1 is 1.29 bits per heavy atom. The van der Waals surface area contributed by atoms with Gasteiger partial charge in [-0.25, -0.2) is 14.1 Å². The molecule has 0 radical (unpaired) electrons. The molecule has 2 unspecified atom stereocenters. The Hall–Kier alpha value is -3.53. The molecule has 0 spiro atoms. The Labute approximate surface area is 180 Å². The topological polar surface area (TPSA) is 137 Å². The second kappa shape index (κ2) is 9.98. The van der Waals surface area contributed by atoms with Crippen molar-refractivity contribution >= 4 is 23.2 Å². The smallest absolute Gasteiger partial charge is 0.252 e. The van der Waals surface area contributed by atoms with Gasteiger partial charge in [-0.1, -0.05) is 24.6 Å². The van der Waals surface area contributed by atoms with E-state index in [1.54, 1.807) is 29.2 Å². The number of nitrogens with zero attached hydrogens (tertiary/aromatic N) is 4. The first-order chi connectivity index (χ1) is 14.9. The number of primary amides is 1. The Morgan fingerprint density at radius 2 is 2.10 bits per heavy atom. The third-order valence-electron chi connectivity index (χ3n) is 4.97. The van der Waals surface area contributed by atoms with Gasteiger partial charge in [0.25, 0.3) is 5.91 Å². The molecular formula is C21H27FN8O. The average Bonchev–Trinajstić information content (AvgIpc) is 3.27. The van der Waals surface area contributed by atoms with Gasteiger partial charge in [-0.2, -0.15) is 0 Å². The molecule has 1 aromatic carbocycles. The summed E-state index contributed by atoms with van der Waals surface area (Å²) in [5.74, 6) is -1.09. The number of rotatable bonds is 10. The zero-order valence-corrected chi connectivity index (χ0v) is 17.5. The van der Waals surface area contributed by atoms with E-state index in [-0.39, 0.29) is 29.2 Å². The SMILES string of the molecule is CCCC(CNc1nc(Nc2cccc(-n3ccnn3)c2)c(C(N)=O)cc1F)C(C)N. The Balaban J connectivity index is 1.87. The van der Waals surface area contributed by atoms with Crippen LogP contribution in [-0.4, -0.2) is 38.5 Å². The molecule has 2 heterocycles. The molecule has 9 nitrogen and oxygen atoms in total. The van der Waals surface area contributed by atoms with E-state index in [4.69, 9.17) is 11.5 Å². The van der Waals surface area contributed by atoms with E-state index in [0.717, 1.165) is 24.6 Å². The molecule has 3 aromatic rings. The van der Waals surface area contributed by atoms with E-state index >= 15 is 0 Å². The standard InChI is InChI=1S/C21H27FN8O/c1-3-5-14(13(2)23)12-25-21-18(22)11-17(19(24)31)20(28-21)27-15-6-4-7-16(10-15)30-9-8-26-29-30/h4,6-11,13-14H,3,5,12,23H2,1-2H3,(H2,24,31)(H2,25,27,28). The molecule has 0 aliphatic heterocycles. The van der Waals surface area contributed by atoms with Crippen molar-refractivity contribution in [3.05, 3.63) is 54.1 Å². The quantitative estimate of drug-likeness (QED) is 0.391. The zero-order chi connectivity index (χ0) is 22.4. The fraction of sp³-hybridized carbons (Fsp3) is 0.333. The van der Waals surface area contributed by atoms with Gasteiger partial charge in [0.1, 0.15) is 5.82 Å². The van der Waals surface area contributed by atoms with E-state index in [1.807, 2.05) is 19.1 Å². The predicted molar refractivity (Wildman–Crippen MR) is 118 cm³/mol. The van der Waals surface area contributed by atoms with Gasteiger partial charge in [-0.3, -0.25) is 4.79 Å². The molecule has 1 amide bonds. The number of amides is 1. The van der Waals surface area contributed by atoms with Crippen LogP contribution >= 0.6 is 0 Å². The largest absolute Gasteiger partial charge is 0.367 e. The van der Waals surface area contributed by atoms with Crippen LogP contribution in [0.1, 0.15) is 37.0 Å². The van der Waals surface area contributed by atoms with Crippen molar-refractivity contribution in [1.82, 2.24) is 20.0 Å². The number of hydrogen-bond acceptors (Lipinski definition) is 7. The van der Waals surface area contributed by atoms with Gasteiger partial charge in [-0.15, -0.1) is 5.10 Å². The van der Waals surface area contributed by atoms with Crippen molar-refractivity contribution in [2.45, 2.75) is 32.7 Å². The summed E-state index contributed by atoms with van der Waals surface area (Å²) in [5.41, 5.74) is 12.8. The van der Waals surface area contributed by atoms with Crippen LogP contribution in [0.5, 0.6) is 0 Å². The molecule has 2 atom stereocenters. The first-order valence-corrected chi connectivity index (χ1v) is 10.1. The fourth-order valence-electron chi connectivity index (χ4n) is 3.25. The van der Waals surface area contributed by atoms with Crippen LogP contribution in [0.2, 0.25) is 0 Å². The lowest BCUT2D eigenvalue weighted by atomic mass is 9.96. The van der Waals surface area contributed by atoms with Crippen molar-refractivity contribution < 1.29 is 9.18 Å². The summed E-state index contributed by atoms with van der Waals surface area (Å²) in [7, 11) is 0. The highest BCUT2D eigenvalue weighted by Crippen LogP contribution is 2.25. The molecule has 0 fully saturated rings. The molecule has 10 heteroatoms. The van der Waals surface area contributed by atoms with E-state index in [1.165, 1.54) is 0 Å². The molecule has 0 aliphatic carbocycles. The molecule has 31 heavy (non-hydrogen) atoms. The molecule has 2 aromatic heterocycles. The first-order valence-electron chi connectivity index (χ1n) is 10.1. The summed E-state index contributed by atoms with van der Waals surface area (Å²) in [4.78, 5) is 16.2. The number of pyridine rings is 1. The lowest BCUT2D eigenvalue weighted by molar-refractivity contribution is 0.100. The second-order valence-electron chi connectivity index (χ2n) is 7.39. The van der Waals surface area contributed by atoms with E-state index < -0.39 is 11.7 Å². The monoisotopic (exact) mass is 426 g/mol. The summed E-state index contributed by atoms with van der Waals surface area (Å²) < 4.78 is 16.2. The third kappa shape index (κ3) is 5.54. The van der Waals surface area contributed by atoms with Crippen molar-refractivity contribution in [2.75, 3.05) is 17.2 Å². The van der Waals surface area contributed by atoms with Gasteiger partial charge in [0.15, 0.2) is 11.6 Å². The minimum absolute atomic E-state index is 0.0293. The molecule has 0 aliphatic rings. The molecular weight excluding hydrogens is 399 g/mol. The number of aromatic nitrogens is 4. The molecule has 0 saturated heterocycles. The van der Waals surface area contributed by atoms with Crippen LogP contribution < -0.4 is 22.1 Å². The number of hydrogen-bond donors (Lipinski definition) is 4. The van der Waals surface area contributed by atoms with Gasteiger partial charge >= 0.3 is 0 Å². The summed E-state index contributed by atoms with van der Waals surface area (Å²) in [6.07, 6.45) is 5.15. The van der Waals surface area contributed by atoms with Crippen LogP contribution in [-0.2, 0) is 0 Å². The number of anilines is 3. The summed E-state index contributed by atoms with van der Waals surface area (Å²) >= 11 is 0. The van der Waals surface area contributed by atoms with Crippen LogP contribution in [0.15, 0.2) is 42.7 Å². The minimum Gasteiger partial charge on any atom is -0.367 e. The highest BCUT2D eigenvalue weighted by atomic mass is 19.1. The number of nitrogens with one attached hydrogen (secondary N) is 2. The predicted octanol–water partition coefficient (Wildman–Crippen LogP) is 2.82. The number of benzene rings is 1. The second-order valence-corrected chi connectivity index (χ2v) is 7.39. The normalized spacial score (nSPS) is 12.9. The number of carbonyl (C=O) groups excluding carboxylic acids is 1. The third-order valence-corrected chi connectivity index (χ3v) is 4.97. The van der Waals surface area contributed by atoms with Gasteiger partial charge in [0, 0.05) is 18.3 Å². The number of carbonyl (C=O) groups is 1. The van der Waals surface area contributed by atoms with Crippen molar-refractivity contribution in [3.8, 4) is 5.69 Å². The fourth-order valence-corrected chi connectivity index (χ4v) is 3.25. The molecule has 164 valence electrons. The maximum absolute atomic E-state index is 14.6. The number of halogens is 1. The minimum atomic E-state index is -0.785. The van der Waals surface area contributed by atoms with E-state index in [0.29, 0.717) is 12.2 Å². The number of nitrogens with two attached hydrogens (primary N) is 2. The highest BCUT2D eigenvalue weighted by molar-refractivity contribution is 5.98. The van der Waals surface area contributed by atoms with Crippen molar-refractivity contribution in [3.63, 3.8) is 0 Å². The van der Waals surface area contributed by atoms with Gasteiger partial charge in [0.2, 0.25) is 0 Å². The highest BCUT2D eigenvalue weighted by Gasteiger charge is 2.18. The van der Waals surface area contributed by atoms with E-state index in [2.05, 4.69) is 32.9 Å². The molecule has 6 N–H and O–H groups in total. The Kier molecular flexibility index (Phi) is 7.14. The van der Waals surface area contributed by atoms with Crippen LogP contribution in [0.3, 0.4) is 0 Å². The maximum atomic E-state index is 14.6. The lowest BCUT2D eigenvalue weighted by Crippen LogP contribution is -2.32. The van der Waals surface area contributed by atoms with Crippen LogP contribution in [0, 0.1) is 11.7 Å². The van der Waals surface area contributed by atoms with Crippen LogP contribution in [0.25, 0.3) is 5.69 Å². The zero-order valence-electron chi connectivity index (χ0n) is 17.5. The van der Waals surface area contributed by atoms with Gasteiger partial charge < -0.3 is 22.1 Å². The Bertz CT molecular complexity index is 1020. The molecule has 0 bridgehead atoms. The summed E-state index contributed by atoms with van der Waals surface area (Å²) in [6.45, 7) is 4.47. The van der Waals surface area contributed by atoms with Crippen LogP contribution in [0.4, 0.5) is 21.7 Å².